The van der Waals surface area contributed by atoms with Crippen molar-refractivity contribution in [2.75, 3.05) is 0 Å². The Bertz CT molecular complexity index is 637. The first-order chi connectivity index (χ1) is 9.56. The third kappa shape index (κ3) is 2.36. The minimum atomic E-state index is -0.207. The van der Waals surface area contributed by atoms with Crippen LogP contribution in [0.25, 0.3) is 0 Å². The summed E-state index contributed by atoms with van der Waals surface area (Å²) in [6.45, 7) is 0. The van der Waals surface area contributed by atoms with E-state index >= 15 is 0 Å². The fourth-order valence-corrected chi connectivity index (χ4v) is 3.22. The molecule has 0 bridgehead atoms. The van der Waals surface area contributed by atoms with Gasteiger partial charge in [0.15, 0.2) is 5.78 Å². The monoisotopic (exact) mass is 309 g/mol. The number of ketones is 1. The summed E-state index contributed by atoms with van der Waals surface area (Å²) in [7, 11) is 0. The third-order valence-electron chi connectivity index (χ3n) is 3.83. The largest absolute Gasteiger partial charge is 0.329 e. The van der Waals surface area contributed by atoms with E-state index < -0.39 is 0 Å². The van der Waals surface area contributed by atoms with Gasteiger partial charge in [-0.2, -0.15) is 0 Å². The lowest BCUT2D eigenvalue weighted by Crippen LogP contribution is -2.36. The summed E-state index contributed by atoms with van der Waals surface area (Å²) in [5, 5.41) is 3.75. The molecule has 3 rings (SSSR count). The van der Waals surface area contributed by atoms with Crippen LogP contribution in [0.1, 0.15) is 37.2 Å². The second-order valence-corrected chi connectivity index (χ2v) is 5.96. The van der Waals surface area contributed by atoms with Crippen LogP contribution in [0, 0.1) is 0 Å². The molecule has 3 nitrogen and oxygen atoms in total. The number of halogens is 2. The van der Waals surface area contributed by atoms with E-state index in [0.29, 0.717) is 16.5 Å². The number of hydrogen-bond donors (Lipinski definition) is 1. The number of nitrogens with one attached hydrogen (secondary N) is 1. The first-order valence-electron chi connectivity index (χ1n) is 6.57. The molecule has 1 aromatic rings. The average molecular weight is 310 g/mol. The van der Waals surface area contributed by atoms with Gasteiger partial charge in [-0.3, -0.25) is 9.59 Å². The van der Waals surface area contributed by atoms with E-state index in [-0.39, 0.29) is 24.0 Å². The van der Waals surface area contributed by atoms with Gasteiger partial charge in [0, 0.05) is 30.0 Å². The Balaban J connectivity index is 2.08. The van der Waals surface area contributed by atoms with Gasteiger partial charge in [0.2, 0.25) is 5.91 Å². The van der Waals surface area contributed by atoms with Crippen LogP contribution in [0.3, 0.4) is 0 Å². The van der Waals surface area contributed by atoms with Crippen LogP contribution in [0.5, 0.6) is 0 Å². The summed E-state index contributed by atoms with van der Waals surface area (Å²) in [5.41, 5.74) is 2.40. The first-order valence-corrected chi connectivity index (χ1v) is 7.33. The molecular weight excluding hydrogens is 297 g/mol. The highest BCUT2D eigenvalue weighted by molar-refractivity contribution is 6.42. The van der Waals surface area contributed by atoms with Crippen molar-refractivity contribution in [2.45, 2.75) is 31.6 Å². The lowest BCUT2D eigenvalue weighted by atomic mass is 9.78. The van der Waals surface area contributed by atoms with E-state index in [0.717, 1.165) is 29.7 Å². The number of rotatable bonds is 1. The van der Waals surface area contributed by atoms with Crippen LogP contribution in [-0.4, -0.2) is 11.7 Å². The van der Waals surface area contributed by atoms with E-state index in [2.05, 4.69) is 5.32 Å². The highest BCUT2D eigenvalue weighted by Gasteiger charge is 2.34. The summed E-state index contributed by atoms with van der Waals surface area (Å²) in [4.78, 5) is 24.0. The van der Waals surface area contributed by atoms with E-state index in [9.17, 15) is 9.59 Å². The molecule has 0 radical (unpaired) electrons. The highest BCUT2D eigenvalue weighted by Crippen LogP contribution is 2.39. The van der Waals surface area contributed by atoms with Crippen molar-refractivity contribution in [3.8, 4) is 0 Å². The maximum Gasteiger partial charge on any atom is 0.225 e. The summed E-state index contributed by atoms with van der Waals surface area (Å²) >= 11 is 12.0. The number of benzene rings is 1. The summed E-state index contributed by atoms with van der Waals surface area (Å²) in [6, 6.07) is 5.29. The number of amides is 1. The molecule has 2 aliphatic rings. The Kier molecular flexibility index (Phi) is 3.57. The molecule has 1 heterocycles. The lowest BCUT2D eigenvalue weighted by Gasteiger charge is -2.31. The van der Waals surface area contributed by atoms with Crippen molar-refractivity contribution in [3.05, 3.63) is 45.1 Å². The Morgan fingerprint density at radius 3 is 2.65 bits per heavy atom. The predicted molar refractivity (Wildman–Crippen MR) is 77.8 cm³/mol. The molecule has 1 atom stereocenters. The second-order valence-electron chi connectivity index (χ2n) is 5.15. The van der Waals surface area contributed by atoms with Crippen LogP contribution >= 0.6 is 23.2 Å². The average Bonchev–Trinajstić information content (AvgIpc) is 2.41. The second kappa shape index (κ2) is 5.23. The number of allylic oxidation sites excluding steroid dienone is 2. The van der Waals surface area contributed by atoms with Crippen molar-refractivity contribution >= 4 is 34.9 Å². The van der Waals surface area contributed by atoms with Crippen molar-refractivity contribution in [2.24, 2.45) is 0 Å². The number of carbonyl (C=O) groups excluding carboxylic acids is 2. The van der Waals surface area contributed by atoms with E-state index in [4.69, 9.17) is 23.2 Å². The Morgan fingerprint density at radius 2 is 1.90 bits per heavy atom. The van der Waals surface area contributed by atoms with Crippen molar-refractivity contribution in [3.63, 3.8) is 0 Å². The molecule has 1 aromatic carbocycles. The molecule has 0 spiro atoms. The molecule has 1 aliphatic heterocycles. The smallest absolute Gasteiger partial charge is 0.225 e. The molecule has 0 saturated carbocycles. The maximum absolute atomic E-state index is 12.2. The van der Waals surface area contributed by atoms with Gasteiger partial charge in [-0.15, -0.1) is 0 Å². The fraction of sp³-hybridized carbons (Fsp3) is 0.333. The zero-order valence-corrected chi connectivity index (χ0v) is 12.2. The summed E-state index contributed by atoms with van der Waals surface area (Å²) < 4.78 is 0. The minimum absolute atomic E-state index is 0.0467. The molecule has 0 aromatic heterocycles. The Hall–Kier alpha value is -1.32. The van der Waals surface area contributed by atoms with Gasteiger partial charge in [0.05, 0.1) is 10.0 Å². The third-order valence-corrected chi connectivity index (χ3v) is 4.57. The highest BCUT2D eigenvalue weighted by atomic mass is 35.5. The number of hydrogen-bond acceptors (Lipinski definition) is 2. The number of carbonyl (C=O) groups is 2. The summed E-state index contributed by atoms with van der Waals surface area (Å²) in [5.74, 6) is -0.127. The zero-order chi connectivity index (χ0) is 14.3. The van der Waals surface area contributed by atoms with Crippen LogP contribution in [0.2, 0.25) is 10.0 Å². The first kappa shape index (κ1) is 13.7. The van der Waals surface area contributed by atoms with Crippen LogP contribution in [0.15, 0.2) is 29.5 Å². The van der Waals surface area contributed by atoms with Gasteiger partial charge < -0.3 is 5.32 Å². The maximum atomic E-state index is 12.2. The molecule has 1 N–H and O–H groups in total. The van der Waals surface area contributed by atoms with E-state index in [1.54, 1.807) is 12.1 Å². The van der Waals surface area contributed by atoms with E-state index in [1.807, 2.05) is 6.07 Å². The molecule has 1 aliphatic carbocycles. The van der Waals surface area contributed by atoms with Crippen molar-refractivity contribution in [1.29, 1.82) is 0 Å². The molecular formula is C15H13Cl2NO2. The molecule has 1 amide bonds. The van der Waals surface area contributed by atoms with Crippen molar-refractivity contribution in [1.82, 2.24) is 5.32 Å². The fourth-order valence-electron chi connectivity index (χ4n) is 2.92. The Morgan fingerprint density at radius 1 is 1.10 bits per heavy atom. The molecule has 0 saturated heterocycles. The summed E-state index contributed by atoms with van der Waals surface area (Å²) in [6.07, 6.45) is 2.38. The van der Waals surface area contributed by atoms with Crippen LogP contribution in [0.4, 0.5) is 0 Å². The van der Waals surface area contributed by atoms with Gasteiger partial charge in [0.25, 0.3) is 0 Å². The topological polar surface area (TPSA) is 46.2 Å². The van der Waals surface area contributed by atoms with Gasteiger partial charge in [0.1, 0.15) is 0 Å². The quantitative estimate of drug-likeness (QED) is 0.861. The lowest BCUT2D eigenvalue weighted by molar-refractivity contribution is -0.122. The standard InChI is InChI=1S/C15H13Cl2NO2/c16-10-5-4-8(6-11(10)17)9-7-14(20)18-12-2-1-3-13(19)15(9)12/h4-6,9H,1-3,7H2,(H,18,20)/t9-/m0/s1. The molecule has 104 valence electrons. The van der Waals surface area contributed by atoms with Crippen LogP contribution in [-0.2, 0) is 9.59 Å². The predicted octanol–water partition coefficient (Wildman–Crippen LogP) is 3.60. The normalized spacial score (nSPS) is 22.6. The molecule has 20 heavy (non-hydrogen) atoms. The molecule has 5 heteroatoms. The van der Waals surface area contributed by atoms with Gasteiger partial charge in [-0.25, -0.2) is 0 Å². The van der Waals surface area contributed by atoms with Crippen molar-refractivity contribution < 1.29 is 9.59 Å². The van der Waals surface area contributed by atoms with E-state index in [1.165, 1.54) is 0 Å². The van der Waals surface area contributed by atoms with Gasteiger partial charge in [-0.05, 0) is 30.5 Å². The molecule has 0 fully saturated rings. The van der Waals surface area contributed by atoms with Crippen LogP contribution < -0.4 is 5.32 Å². The number of Topliss-reactive ketones (excluding diaryl/α,β-unsaturated/α-hetero) is 1. The minimum Gasteiger partial charge on any atom is -0.329 e. The Labute approximate surface area is 126 Å². The molecule has 0 unspecified atom stereocenters. The SMILES string of the molecule is O=C1C[C@@H](c2ccc(Cl)c(Cl)c2)C2=C(CCCC2=O)N1. The van der Waals surface area contributed by atoms with Gasteiger partial charge in [-0.1, -0.05) is 29.3 Å². The zero-order valence-electron chi connectivity index (χ0n) is 10.7. The van der Waals surface area contributed by atoms with Gasteiger partial charge >= 0.3 is 0 Å².